The van der Waals surface area contributed by atoms with E-state index < -0.39 is 35.8 Å². The molecule has 0 radical (unpaired) electrons. The Labute approximate surface area is 432 Å². The highest BCUT2D eigenvalue weighted by Crippen LogP contribution is 2.31. The van der Waals surface area contributed by atoms with E-state index in [0.29, 0.717) is 42.3 Å². The van der Waals surface area contributed by atoms with E-state index in [9.17, 15) is 33.6 Å². The number of ether oxygens (including phenoxy) is 7. The van der Waals surface area contributed by atoms with Crippen LogP contribution in [0.4, 0.5) is 4.79 Å². The van der Waals surface area contributed by atoms with Crippen molar-refractivity contribution in [3.05, 3.63) is 71.1 Å². The molecule has 6 aliphatic heterocycles. The van der Waals surface area contributed by atoms with E-state index in [1.165, 1.54) is 62.2 Å². The molecular formula is C50H72N6O14S2. The van der Waals surface area contributed by atoms with Crippen LogP contribution >= 0.6 is 24.0 Å². The van der Waals surface area contributed by atoms with Crippen LogP contribution in [0.5, 0.6) is 0 Å². The number of esters is 3. The van der Waals surface area contributed by atoms with Crippen LogP contribution in [0, 0.1) is 0 Å². The quantitative estimate of drug-likeness (QED) is 0.0216. The van der Waals surface area contributed by atoms with Gasteiger partial charge in [0.15, 0.2) is 0 Å². The molecule has 0 bridgehead atoms. The SMILES string of the molecule is CCOC(=O)CN1C(=O)/C(=C\C=C\N2CCCC2)SC1=S.CCOCCOC(=O)C(=C/C=C/N1CCCCC1)C(=O)OCCOCC.CN1C(=O)C(=C/C=C/N(C2CCCO2)C2CCCO2)C(=O)N(C)C1=O. The van der Waals surface area contributed by atoms with Crippen LogP contribution in [0.25, 0.3) is 0 Å². The number of carbonyl (C=O) groups is 7. The largest absolute Gasteiger partial charge is 0.465 e. The second-order valence-electron chi connectivity index (χ2n) is 16.7. The summed E-state index contributed by atoms with van der Waals surface area (Å²) in [5, 5.41) is 0. The minimum absolute atomic E-state index is 0.0412. The number of barbiturate groups is 1. The summed E-state index contributed by atoms with van der Waals surface area (Å²) in [7, 11) is 2.71. The number of hydrogen-bond acceptors (Lipinski definition) is 19. The van der Waals surface area contributed by atoms with E-state index in [4.69, 9.17) is 45.4 Å². The van der Waals surface area contributed by atoms with E-state index in [2.05, 4.69) is 9.80 Å². The lowest BCUT2D eigenvalue weighted by Gasteiger charge is -2.31. The van der Waals surface area contributed by atoms with Crippen molar-refractivity contribution in [2.24, 2.45) is 0 Å². The van der Waals surface area contributed by atoms with Crippen molar-refractivity contribution in [1.82, 2.24) is 29.4 Å². The molecule has 0 aromatic carbocycles. The zero-order valence-electron chi connectivity index (χ0n) is 42.3. The molecule has 6 rings (SSSR count). The maximum atomic E-state index is 12.2. The molecule has 0 N–H and O–H groups in total. The van der Waals surface area contributed by atoms with Gasteiger partial charge in [0.25, 0.3) is 17.7 Å². The molecule has 0 aromatic rings. The second kappa shape index (κ2) is 32.6. The van der Waals surface area contributed by atoms with Gasteiger partial charge in [0.2, 0.25) is 0 Å². The smallest absolute Gasteiger partial charge is 0.345 e. The summed E-state index contributed by atoms with van der Waals surface area (Å²) in [6.45, 7) is 13.0. The van der Waals surface area contributed by atoms with Crippen molar-refractivity contribution in [3.63, 3.8) is 0 Å². The Hall–Kier alpha value is -5.39. The molecule has 20 nitrogen and oxygen atoms in total. The fraction of sp³-hybridized carbons (Fsp3) is 0.600. The third kappa shape index (κ3) is 19.2. The summed E-state index contributed by atoms with van der Waals surface area (Å²) >= 11 is 6.36. The van der Waals surface area contributed by atoms with Crippen molar-refractivity contribution >= 4 is 70.0 Å². The van der Waals surface area contributed by atoms with Crippen molar-refractivity contribution in [2.45, 2.75) is 91.0 Å². The topological polar surface area (TPSA) is 204 Å². The molecule has 0 aromatic heterocycles. The summed E-state index contributed by atoms with van der Waals surface area (Å²) in [6.07, 6.45) is 25.2. The number of amides is 5. The van der Waals surface area contributed by atoms with Gasteiger partial charge >= 0.3 is 23.9 Å². The number of thiocarbonyl (C=S) groups is 1. The molecule has 6 aliphatic rings. The fourth-order valence-corrected chi connectivity index (χ4v) is 8.92. The molecule has 2 unspecified atom stereocenters. The van der Waals surface area contributed by atoms with Crippen LogP contribution < -0.4 is 0 Å². The van der Waals surface area contributed by atoms with Crippen molar-refractivity contribution in [2.75, 3.05) is 106 Å². The van der Waals surface area contributed by atoms with E-state index in [1.807, 2.05) is 37.2 Å². The van der Waals surface area contributed by atoms with Crippen LogP contribution in [-0.2, 0) is 61.9 Å². The van der Waals surface area contributed by atoms with E-state index in [0.717, 1.165) is 87.7 Å². The summed E-state index contributed by atoms with van der Waals surface area (Å²) < 4.78 is 37.1. The van der Waals surface area contributed by atoms with E-state index >= 15 is 0 Å². The predicted octanol–water partition coefficient (Wildman–Crippen LogP) is 5.03. The maximum Gasteiger partial charge on any atom is 0.345 e. The Morgan fingerprint density at radius 2 is 1.19 bits per heavy atom. The van der Waals surface area contributed by atoms with Crippen LogP contribution in [-0.4, -0.2) is 194 Å². The molecule has 22 heteroatoms. The number of rotatable bonds is 21. The molecule has 0 spiro atoms. The van der Waals surface area contributed by atoms with E-state index in [1.54, 1.807) is 31.4 Å². The molecule has 0 saturated carbocycles. The first-order valence-corrected chi connectivity index (χ1v) is 26.0. The van der Waals surface area contributed by atoms with Gasteiger partial charge in [-0.3, -0.25) is 33.9 Å². The number of nitrogens with zero attached hydrogens (tertiary/aromatic N) is 6. The van der Waals surface area contributed by atoms with Gasteiger partial charge in [-0.05, 0) is 127 Å². The molecule has 6 fully saturated rings. The number of allylic oxidation sites excluding steroid dienone is 6. The standard InChI is InChI=1S/C19H31NO6.C17H23N3O5.C14H18N2O3S2/c1-3-23-13-15-25-18(21)17(19(22)26-16-14-24-4-2)9-8-12-20-10-6-5-7-11-20;1-18-15(21)12(16(22)19(2)17(18)23)6-3-9-20(13-7-4-10-24-13)14-8-5-11-25-14;1-2-19-12(17)10-16-13(18)11(21-14(16)20)6-5-9-15-7-3-4-8-15/h8-9,12H,3-7,10-11,13-16H2,1-2H3;3,6,9,13-14H,4-5,7-8,10-11H2,1-2H3;5-6,9H,2-4,7-8,10H2,1H3/b12-8+;9-3+;9-5+,11-6+. The zero-order valence-corrected chi connectivity index (χ0v) is 44.0. The number of likely N-dealkylation sites (tertiary alicyclic amines) is 2. The van der Waals surface area contributed by atoms with Crippen LogP contribution in [0.1, 0.15) is 78.6 Å². The van der Waals surface area contributed by atoms with Gasteiger partial charge in [-0.1, -0.05) is 24.0 Å². The van der Waals surface area contributed by atoms with Crippen molar-refractivity contribution < 1.29 is 66.7 Å². The number of piperidine rings is 1. The number of likely N-dealkylation sites (N-methyl/N-ethyl adjacent to an activating group) is 2. The Kier molecular flexibility index (Phi) is 26.8. The second-order valence-corrected chi connectivity index (χ2v) is 18.4. The third-order valence-corrected chi connectivity index (χ3v) is 12.9. The Bertz CT molecular complexity index is 1970. The normalized spacial score (nSPS) is 21.0. The lowest BCUT2D eigenvalue weighted by Crippen LogP contribution is -2.53. The minimum Gasteiger partial charge on any atom is -0.465 e. The number of carbonyl (C=O) groups excluding carboxylic acids is 7. The lowest BCUT2D eigenvalue weighted by atomic mass is 10.1. The number of urea groups is 1. The molecule has 0 aliphatic carbocycles. The summed E-state index contributed by atoms with van der Waals surface area (Å²) in [4.78, 5) is 94.2. The number of thioether (sulfide) groups is 1. The predicted molar refractivity (Wildman–Crippen MR) is 272 cm³/mol. The highest BCUT2D eigenvalue weighted by atomic mass is 32.2. The molecule has 72 heavy (non-hydrogen) atoms. The van der Waals surface area contributed by atoms with Crippen LogP contribution in [0.15, 0.2) is 71.1 Å². The minimum atomic E-state index is -0.714. The van der Waals surface area contributed by atoms with Crippen LogP contribution in [0.3, 0.4) is 0 Å². The maximum absolute atomic E-state index is 12.2. The molecule has 5 amide bonds. The highest BCUT2D eigenvalue weighted by Gasteiger charge is 2.38. The first-order valence-electron chi connectivity index (χ1n) is 24.7. The van der Waals surface area contributed by atoms with Crippen molar-refractivity contribution in [3.8, 4) is 0 Å². The van der Waals surface area contributed by atoms with Gasteiger partial charge in [-0.15, -0.1) is 0 Å². The Morgan fingerprint density at radius 1 is 0.667 bits per heavy atom. The van der Waals surface area contributed by atoms with Gasteiger partial charge in [-0.25, -0.2) is 14.4 Å². The average molecular weight is 1050 g/mol. The lowest BCUT2D eigenvalue weighted by molar-refractivity contribution is -0.149. The average Bonchev–Trinajstić information content (AvgIpc) is 4.25. The van der Waals surface area contributed by atoms with E-state index in [-0.39, 0.29) is 49.3 Å². The van der Waals surface area contributed by atoms with Gasteiger partial charge in [0.1, 0.15) is 47.7 Å². The first-order chi connectivity index (χ1) is 34.8. The monoisotopic (exact) mass is 1040 g/mol. The van der Waals surface area contributed by atoms with Gasteiger partial charge in [-0.2, -0.15) is 0 Å². The number of hydrogen-bond donors (Lipinski definition) is 0. The first kappa shape index (κ1) is 59.2. The van der Waals surface area contributed by atoms with Gasteiger partial charge in [0, 0.05) is 72.9 Å². The molecule has 6 heterocycles. The highest BCUT2D eigenvalue weighted by molar-refractivity contribution is 8.26. The molecular weight excluding hydrogens is 973 g/mol. The fourth-order valence-electron chi connectivity index (χ4n) is 7.71. The van der Waals surface area contributed by atoms with Gasteiger partial charge in [0.05, 0.1) is 24.7 Å². The summed E-state index contributed by atoms with van der Waals surface area (Å²) in [5.74, 6) is -3.30. The Morgan fingerprint density at radius 3 is 1.69 bits per heavy atom. The van der Waals surface area contributed by atoms with Gasteiger partial charge < -0.3 is 47.9 Å². The van der Waals surface area contributed by atoms with Crippen molar-refractivity contribution in [1.29, 1.82) is 0 Å². The molecule has 398 valence electrons. The molecule has 2 atom stereocenters. The summed E-state index contributed by atoms with van der Waals surface area (Å²) in [6, 6.07) is -0.628. The zero-order chi connectivity index (χ0) is 52.3. The number of imide groups is 2. The Balaban J connectivity index is 0.000000236. The van der Waals surface area contributed by atoms with Crippen LogP contribution in [0.2, 0.25) is 0 Å². The third-order valence-electron chi connectivity index (χ3n) is 11.5. The molecule has 6 saturated heterocycles. The summed E-state index contributed by atoms with van der Waals surface area (Å²) in [5.41, 5.74) is -0.174.